The molecule has 3 aliphatic rings. The summed E-state index contributed by atoms with van der Waals surface area (Å²) in [6.07, 6.45) is 4.17. The highest BCUT2D eigenvalue weighted by Crippen LogP contribution is 2.52. The lowest BCUT2D eigenvalue weighted by Crippen LogP contribution is -2.37. The molecule has 62 valence electrons. The third kappa shape index (κ3) is 0.859. The molecule has 11 heavy (non-hydrogen) atoms. The summed E-state index contributed by atoms with van der Waals surface area (Å²) in [7, 11) is 0. The normalized spacial score (nSPS) is 49.4. The second-order valence-corrected chi connectivity index (χ2v) is 4.34. The van der Waals surface area contributed by atoms with E-state index in [0.717, 1.165) is 17.9 Å². The van der Waals surface area contributed by atoms with Crippen LogP contribution in [-0.2, 0) is 0 Å². The second-order valence-electron chi connectivity index (χ2n) is 4.34. The van der Waals surface area contributed by atoms with E-state index in [-0.39, 0.29) is 0 Å². The van der Waals surface area contributed by atoms with Gasteiger partial charge in [-0.3, -0.25) is 4.90 Å². The Kier molecular flexibility index (Phi) is 1.16. The number of fused-ring (bicyclic) bond motifs is 1. The van der Waals surface area contributed by atoms with Crippen molar-refractivity contribution in [3.8, 4) is 0 Å². The lowest BCUT2D eigenvalue weighted by atomic mass is 10.2. The highest BCUT2D eigenvalue weighted by atomic mass is 16.3. The summed E-state index contributed by atoms with van der Waals surface area (Å²) in [5.74, 6) is 1.84. The number of hydrogen-bond acceptors (Lipinski definition) is 2. The van der Waals surface area contributed by atoms with Gasteiger partial charge in [-0.15, -0.1) is 0 Å². The molecule has 2 aliphatic carbocycles. The molecule has 0 aromatic rings. The van der Waals surface area contributed by atoms with E-state index in [9.17, 15) is 0 Å². The fourth-order valence-electron chi connectivity index (χ4n) is 2.67. The molecule has 1 saturated heterocycles. The van der Waals surface area contributed by atoms with Crippen LogP contribution in [0.15, 0.2) is 0 Å². The molecule has 0 bridgehead atoms. The van der Waals surface area contributed by atoms with E-state index in [2.05, 4.69) is 4.90 Å². The standard InChI is InChI=1S/C9H15NO/c11-5-9-8-3-6(8)4-10(9)7-1-2-7/h6-9,11H,1-5H2. The fourth-order valence-corrected chi connectivity index (χ4v) is 2.67. The molecule has 0 aromatic heterocycles. The average Bonchev–Trinajstić information content (AvgIpc) is 2.87. The Balaban J connectivity index is 1.74. The van der Waals surface area contributed by atoms with Crippen LogP contribution in [0.3, 0.4) is 0 Å². The molecule has 1 aliphatic heterocycles. The molecule has 0 aromatic carbocycles. The third-order valence-electron chi connectivity index (χ3n) is 3.55. The van der Waals surface area contributed by atoms with Gasteiger partial charge in [0.05, 0.1) is 6.61 Å². The molecule has 3 rings (SSSR count). The number of aliphatic hydroxyl groups is 1. The van der Waals surface area contributed by atoms with Crippen LogP contribution in [0, 0.1) is 11.8 Å². The van der Waals surface area contributed by atoms with Crippen LogP contribution in [0.5, 0.6) is 0 Å². The maximum absolute atomic E-state index is 9.17. The molecular weight excluding hydrogens is 138 g/mol. The van der Waals surface area contributed by atoms with Crippen LogP contribution in [0.2, 0.25) is 0 Å². The van der Waals surface area contributed by atoms with E-state index in [1.807, 2.05) is 0 Å². The summed E-state index contributed by atoms with van der Waals surface area (Å²) in [4.78, 5) is 2.55. The molecule has 0 amide bonds. The van der Waals surface area contributed by atoms with E-state index < -0.39 is 0 Å². The van der Waals surface area contributed by atoms with Crippen molar-refractivity contribution < 1.29 is 5.11 Å². The SMILES string of the molecule is OCC1C2CC2CN1C1CC1. The van der Waals surface area contributed by atoms with Gasteiger partial charge < -0.3 is 5.11 Å². The summed E-state index contributed by atoms with van der Waals surface area (Å²) in [6, 6.07) is 1.41. The molecule has 0 spiro atoms. The average molecular weight is 153 g/mol. The van der Waals surface area contributed by atoms with Gasteiger partial charge in [0.2, 0.25) is 0 Å². The molecule has 3 unspecified atom stereocenters. The molecule has 2 nitrogen and oxygen atoms in total. The second kappa shape index (κ2) is 1.99. The van der Waals surface area contributed by atoms with Crippen molar-refractivity contribution >= 4 is 0 Å². The van der Waals surface area contributed by atoms with Crippen molar-refractivity contribution in [2.75, 3.05) is 13.2 Å². The summed E-state index contributed by atoms with van der Waals surface area (Å²) < 4.78 is 0. The number of nitrogens with zero attached hydrogens (tertiary/aromatic N) is 1. The zero-order valence-electron chi connectivity index (χ0n) is 6.74. The number of hydrogen-bond donors (Lipinski definition) is 1. The van der Waals surface area contributed by atoms with Crippen LogP contribution in [-0.4, -0.2) is 35.2 Å². The Morgan fingerprint density at radius 3 is 2.82 bits per heavy atom. The first kappa shape index (κ1) is 6.44. The quantitative estimate of drug-likeness (QED) is 0.623. The van der Waals surface area contributed by atoms with Crippen LogP contribution in [0.25, 0.3) is 0 Å². The highest BCUT2D eigenvalue weighted by Gasteiger charge is 2.54. The minimum absolute atomic E-state index is 0.400. The van der Waals surface area contributed by atoms with Crippen molar-refractivity contribution in [2.45, 2.75) is 31.3 Å². The number of piperidine rings is 1. The molecule has 0 radical (unpaired) electrons. The number of aliphatic hydroxyl groups excluding tert-OH is 1. The fraction of sp³-hybridized carbons (Fsp3) is 1.00. The largest absolute Gasteiger partial charge is 0.395 e. The highest BCUT2D eigenvalue weighted by molar-refractivity contribution is 5.07. The Morgan fingerprint density at radius 1 is 1.36 bits per heavy atom. The number of rotatable bonds is 2. The smallest absolute Gasteiger partial charge is 0.0589 e. The summed E-state index contributed by atoms with van der Waals surface area (Å²) in [6.45, 7) is 1.69. The Morgan fingerprint density at radius 2 is 2.18 bits per heavy atom. The van der Waals surface area contributed by atoms with Crippen molar-refractivity contribution in [1.82, 2.24) is 4.90 Å². The van der Waals surface area contributed by atoms with Gasteiger partial charge in [0, 0.05) is 18.6 Å². The van der Waals surface area contributed by atoms with Gasteiger partial charge in [-0.2, -0.15) is 0 Å². The molecule has 1 heterocycles. The van der Waals surface area contributed by atoms with Gasteiger partial charge in [0.15, 0.2) is 0 Å². The van der Waals surface area contributed by atoms with Gasteiger partial charge >= 0.3 is 0 Å². The molecule has 1 N–H and O–H groups in total. The van der Waals surface area contributed by atoms with Crippen molar-refractivity contribution in [1.29, 1.82) is 0 Å². The van der Waals surface area contributed by atoms with Crippen molar-refractivity contribution in [3.63, 3.8) is 0 Å². The van der Waals surface area contributed by atoms with Crippen molar-refractivity contribution in [2.24, 2.45) is 11.8 Å². The van der Waals surface area contributed by atoms with Gasteiger partial charge in [-0.05, 0) is 31.1 Å². The Hall–Kier alpha value is -0.0800. The predicted octanol–water partition coefficient (Wildman–Crippen LogP) is 0.461. The Bertz CT molecular complexity index is 178. The molecule has 2 heteroatoms. The minimum atomic E-state index is 0.400. The molecule has 3 atom stereocenters. The predicted molar refractivity (Wildman–Crippen MR) is 42.2 cm³/mol. The zero-order chi connectivity index (χ0) is 7.42. The van der Waals surface area contributed by atoms with Crippen LogP contribution < -0.4 is 0 Å². The summed E-state index contributed by atoms with van der Waals surface area (Å²) >= 11 is 0. The van der Waals surface area contributed by atoms with Gasteiger partial charge in [0.1, 0.15) is 0 Å². The van der Waals surface area contributed by atoms with E-state index in [1.165, 1.54) is 25.8 Å². The monoisotopic (exact) mass is 153 g/mol. The summed E-state index contributed by atoms with van der Waals surface area (Å²) in [5, 5.41) is 9.17. The van der Waals surface area contributed by atoms with Gasteiger partial charge in [0.25, 0.3) is 0 Å². The summed E-state index contributed by atoms with van der Waals surface area (Å²) in [5.41, 5.74) is 0. The topological polar surface area (TPSA) is 23.5 Å². The van der Waals surface area contributed by atoms with Crippen LogP contribution in [0.1, 0.15) is 19.3 Å². The van der Waals surface area contributed by atoms with Gasteiger partial charge in [-0.1, -0.05) is 0 Å². The van der Waals surface area contributed by atoms with E-state index in [1.54, 1.807) is 0 Å². The maximum atomic E-state index is 9.17. The first-order chi connectivity index (χ1) is 5.40. The zero-order valence-corrected chi connectivity index (χ0v) is 6.74. The van der Waals surface area contributed by atoms with Crippen LogP contribution in [0.4, 0.5) is 0 Å². The lowest BCUT2D eigenvalue weighted by Gasteiger charge is -2.25. The van der Waals surface area contributed by atoms with Crippen LogP contribution >= 0.6 is 0 Å². The molecular formula is C9H15NO. The minimum Gasteiger partial charge on any atom is -0.395 e. The lowest BCUT2D eigenvalue weighted by molar-refractivity contribution is 0.131. The first-order valence-electron chi connectivity index (χ1n) is 4.77. The first-order valence-corrected chi connectivity index (χ1v) is 4.77. The molecule has 2 saturated carbocycles. The van der Waals surface area contributed by atoms with E-state index in [0.29, 0.717) is 12.6 Å². The Labute approximate surface area is 67.2 Å². The van der Waals surface area contributed by atoms with Crippen molar-refractivity contribution in [3.05, 3.63) is 0 Å². The van der Waals surface area contributed by atoms with E-state index >= 15 is 0 Å². The van der Waals surface area contributed by atoms with E-state index in [4.69, 9.17) is 5.11 Å². The van der Waals surface area contributed by atoms with Gasteiger partial charge in [-0.25, -0.2) is 0 Å². The molecule has 3 fully saturated rings. The maximum Gasteiger partial charge on any atom is 0.0589 e. The third-order valence-corrected chi connectivity index (χ3v) is 3.55. The number of likely N-dealkylation sites (tertiary alicyclic amines) is 1.